The van der Waals surface area contributed by atoms with E-state index in [4.69, 9.17) is 0 Å². The number of anilines is 2. The maximum absolute atomic E-state index is 12.7. The third-order valence-electron chi connectivity index (χ3n) is 5.63. The minimum absolute atomic E-state index is 0.0780. The second kappa shape index (κ2) is 8.14. The monoisotopic (exact) mass is 380 g/mol. The first-order chi connectivity index (χ1) is 13.6. The van der Waals surface area contributed by atoms with Crippen molar-refractivity contribution in [2.24, 2.45) is 0 Å². The van der Waals surface area contributed by atoms with E-state index in [0.717, 1.165) is 51.6 Å². The van der Waals surface area contributed by atoms with Crippen molar-refractivity contribution in [1.29, 1.82) is 0 Å². The maximum atomic E-state index is 12.7. The van der Waals surface area contributed by atoms with Crippen LogP contribution in [0.3, 0.4) is 0 Å². The van der Waals surface area contributed by atoms with Crippen LogP contribution in [0.15, 0.2) is 30.6 Å². The lowest BCUT2D eigenvalue weighted by Gasteiger charge is -2.27. The van der Waals surface area contributed by atoms with Crippen LogP contribution < -0.4 is 15.5 Å². The van der Waals surface area contributed by atoms with Crippen LogP contribution in [0.4, 0.5) is 16.4 Å². The first kappa shape index (κ1) is 18.7. The molecule has 7 heteroatoms. The van der Waals surface area contributed by atoms with Crippen molar-refractivity contribution in [3.05, 3.63) is 47.3 Å². The summed E-state index contributed by atoms with van der Waals surface area (Å²) in [5, 5.41) is 6.26. The van der Waals surface area contributed by atoms with Gasteiger partial charge in [-0.2, -0.15) is 0 Å². The lowest BCUT2D eigenvalue weighted by atomic mass is 9.93. The first-order valence-electron chi connectivity index (χ1n) is 10.0. The Morgan fingerprint density at radius 2 is 1.89 bits per heavy atom. The number of piperazine rings is 1. The molecule has 0 spiro atoms. The molecule has 2 aliphatic heterocycles. The minimum atomic E-state index is -0.0780. The highest BCUT2D eigenvalue weighted by molar-refractivity contribution is 5.89. The highest BCUT2D eigenvalue weighted by Crippen LogP contribution is 2.30. The van der Waals surface area contributed by atoms with Crippen molar-refractivity contribution in [3.63, 3.8) is 0 Å². The zero-order valence-corrected chi connectivity index (χ0v) is 16.6. The van der Waals surface area contributed by atoms with Gasteiger partial charge in [-0.3, -0.25) is 0 Å². The molecule has 1 aromatic heterocycles. The molecule has 28 heavy (non-hydrogen) atoms. The number of nitrogens with one attached hydrogen (secondary N) is 2. The number of hydrogen-bond donors (Lipinski definition) is 2. The molecule has 1 atom stereocenters. The van der Waals surface area contributed by atoms with Gasteiger partial charge in [-0.15, -0.1) is 0 Å². The molecule has 2 fully saturated rings. The van der Waals surface area contributed by atoms with E-state index < -0.39 is 0 Å². The van der Waals surface area contributed by atoms with Crippen molar-refractivity contribution < 1.29 is 4.79 Å². The molecule has 3 heterocycles. The molecule has 0 bridgehead atoms. The topological polar surface area (TPSA) is 73.4 Å². The van der Waals surface area contributed by atoms with E-state index >= 15 is 0 Å². The van der Waals surface area contributed by atoms with Gasteiger partial charge in [0, 0.05) is 45.2 Å². The molecule has 0 aliphatic carbocycles. The molecule has 4 rings (SSSR count). The van der Waals surface area contributed by atoms with Crippen LogP contribution >= 0.6 is 0 Å². The highest BCUT2D eigenvalue weighted by atomic mass is 16.2. The van der Waals surface area contributed by atoms with E-state index in [9.17, 15) is 4.79 Å². The zero-order chi connectivity index (χ0) is 19.5. The number of amides is 2. The fourth-order valence-electron chi connectivity index (χ4n) is 4.10. The number of urea groups is 1. The average molecular weight is 380 g/mol. The number of carbonyl (C=O) groups is 1. The van der Waals surface area contributed by atoms with E-state index in [1.54, 1.807) is 12.4 Å². The van der Waals surface area contributed by atoms with Gasteiger partial charge in [-0.25, -0.2) is 14.8 Å². The van der Waals surface area contributed by atoms with Crippen LogP contribution in [-0.2, 0) is 0 Å². The molecular formula is C21H28N6O. The fraction of sp³-hybridized carbons (Fsp3) is 0.476. The van der Waals surface area contributed by atoms with E-state index in [-0.39, 0.29) is 6.03 Å². The molecular weight excluding hydrogens is 352 g/mol. The number of rotatable bonds is 3. The Hall–Kier alpha value is -2.67. The summed E-state index contributed by atoms with van der Waals surface area (Å²) in [5.41, 5.74) is 4.57. The van der Waals surface area contributed by atoms with Crippen LogP contribution in [0, 0.1) is 13.8 Å². The van der Waals surface area contributed by atoms with E-state index in [1.165, 1.54) is 16.7 Å². The predicted octanol–water partition coefficient (Wildman–Crippen LogP) is 2.52. The number of carbonyl (C=O) groups excluding carboxylic acids is 1. The molecule has 7 nitrogen and oxygen atoms in total. The number of benzene rings is 1. The molecule has 0 radical (unpaired) electrons. The highest BCUT2D eigenvalue weighted by Gasteiger charge is 2.28. The van der Waals surface area contributed by atoms with Crippen molar-refractivity contribution in [3.8, 4) is 0 Å². The molecule has 2 saturated heterocycles. The van der Waals surface area contributed by atoms with Crippen molar-refractivity contribution in [2.75, 3.05) is 49.5 Å². The van der Waals surface area contributed by atoms with Crippen molar-refractivity contribution >= 4 is 17.7 Å². The van der Waals surface area contributed by atoms with Gasteiger partial charge in [0.1, 0.15) is 0 Å². The van der Waals surface area contributed by atoms with E-state index in [2.05, 4.69) is 57.5 Å². The molecule has 2 aromatic rings. The first-order valence-corrected chi connectivity index (χ1v) is 10.0. The Kier molecular flexibility index (Phi) is 5.43. The molecule has 2 N–H and O–H groups in total. The largest absolute Gasteiger partial charge is 0.338 e. The van der Waals surface area contributed by atoms with E-state index in [1.807, 2.05) is 4.90 Å². The average Bonchev–Trinajstić information content (AvgIpc) is 3.19. The summed E-state index contributed by atoms with van der Waals surface area (Å²) in [7, 11) is 0. The normalized spacial score (nSPS) is 19.7. The third kappa shape index (κ3) is 4.09. The molecule has 0 saturated carbocycles. The number of aryl methyl sites for hydroxylation is 2. The van der Waals surface area contributed by atoms with Gasteiger partial charge in [0.15, 0.2) is 0 Å². The summed E-state index contributed by atoms with van der Waals surface area (Å²) in [6, 6.07) is 6.50. The van der Waals surface area contributed by atoms with Crippen LogP contribution in [-0.4, -0.2) is 60.2 Å². The number of nitrogens with zero attached hydrogens (tertiary/aromatic N) is 4. The summed E-state index contributed by atoms with van der Waals surface area (Å²) in [6.45, 7) is 9.47. The predicted molar refractivity (Wildman–Crippen MR) is 111 cm³/mol. The van der Waals surface area contributed by atoms with Gasteiger partial charge in [0.25, 0.3) is 0 Å². The summed E-state index contributed by atoms with van der Waals surface area (Å²) in [6.07, 6.45) is 4.38. The second-order valence-electron chi connectivity index (χ2n) is 7.73. The van der Waals surface area contributed by atoms with Crippen LogP contribution in [0.5, 0.6) is 0 Å². The molecule has 2 amide bonds. The lowest BCUT2D eigenvalue weighted by molar-refractivity contribution is 0.222. The molecule has 2 aliphatic rings. The second-order valence-corrected chi connectivity index (χ2v) is 7.73. The summed E-state index contributed by atoms with van der Waals surface area (Å²) in [5.74, 6) is 1.12. The summed E-state index contributed by atoms with van der Waals surface area (Å²) < 4.78 is 0. The summed E-state index contributed by atoms with van der Waals surface area (Å²) in [4.78, 5) is 25.5. The fourth-order valence-corrected chi connectivity index (χ4v) is 4.10. The molecule has 1 aromatic carbocycles. The van der Waals surface area contributed by atoms with Crippen LogP contribution in [0.2, 0.25) is 0 Å². The van der Waals surface area contributed by atoms with Gasteiger partial charge in [0.2, 0.25) is 5.95 Å². The van der Waals surface area contributed by atoms with Crippen LogP contribution in [0.1, 0.15) is 29.0 Å². The minimum Gasteiger partial charge on any atom is -0.338 e. The lowest BCUT2D eigenvalue weighted by Crippen LogP contribution is -2.44. The standard InChI is InChI=1S/C21H28N6O/c1-15-3-4-19(16(2)11-15)17-5-8-27(14-17)21(28)25-18-12-23-20(24-13-18)26-9-6-22-7-10-26/h3-4,11-13,17,22H,5-10,14H2,1-2H3,(H,25,28). The van der Waals surface area contributed by atoms with Crippen LogP contribution in [0.25, 0.3) is 0 Å². The number of hydrogen-bond acceptors (Lipinski definition) is 5. The van der Waals surface area contributed by atoms with Gasteiger partial charge < -0.3 is 20.4 Å². The molecule has 148 valence electrons. The maximum Gasteiger partial charge on any atom is 0.321 e. The summed E-state index contributed by atoms with van der Waals surface area (Å²) >= 11 is 0. The van der Waals surface area contributed by atoms with Gasteiger partial charge >= 0.3 is 6.03 Å². The third-order valence-corrected chi connectivity index (χ3v) is 5.63. The number of likely N-dealkylation sites (tertiary alicyclic amines) is 1. The Balaban J connectivity index is 1.35. The van der Waals surface area contributed by atoms with Crippen molar-refractivity contribution in [1.82, 2.24) is 20.2 Å². The Morgan fingerprint density at radius 1 is 1.14 bits per heavy atom. The number of aromatic nitrogens is 2. The van der Waals surface area contributed by atoms with Crippen molar-refractivity contribution in [2.45, 2.75) is 26.2 Å². The Labute approximate surface area is 166 Å². The quantitative estimate of drug-likeness (QED) is 0.856. The zero-order valence-electron chi connectivity index (χ0n) is 16.6. The Morgan fingerprint density at radius 3 is 2.61 bits per heavy atom. The van der Waals surface area contributed by atoms with Gasteiger partial charge in [-0.1, -0.05) is 23.8 Å². The SMILES string of the molecule is Cc1ccc(C2CCN(C(=O)Nc3cnc(N4CCNCC4)nc3)C2)c(C)c1. The van der Waals surface area contributed by atoms with Gasteiger partial charge in [0.05, 0.1) is 18.1 Å². The molecule has 1 unspecified atom stereocenters. The van der Waals surface area contributed by atoms with Gasteiger partial charge in [-0.05, 0) is 31.4 Å². The Bertz CT molecular complexity index is 831. The smallest absolute Gasteiger partial charge is 0.321 e. The van der Waals surface area contributed by atoms with E-state index in [0.29, 0.717) is 11.6 Å².